The number of carbonyl (C=O) groups excluding carboxylic acids is 1. The number of hydrogen-bond donors (Lipinski definition) is 0. The van der Waals surface area contributed by atoms with Crippen LogP contribution in [0.1, 0.15) is 24.0 Å². The van der Waals surface area contributed by atoms with Gasteiger partial charge in [-0.3, -0.25) is 4.79 Å². The molecule has 24 heavy (non-hydrogen) atoms. The van der Waals surface area contributed by atoms with Crippen molar-refractivity contribution in [2.45, 2.75) is 25.7 Å². The number of rotatable bonds is 4. The molecule has 0 unspecified atom stereocenters. The molecule has 1 aliphatic rings. The normalized spacial score (nSPS) is 13.5. The van der Waals surface area contributed by atoms with Gasteiger partial charge in [0.1, 0.15) is 17.4 Å². The van der Waals surface area contributed by atoms with Gasteiger partial charge in [0.25, 0.3) is 0 Å². The second kappa shape index (κ2) is 6.99. The molecule has 0 N–H and O–H groups in total. The van der Waals surface area contributed by atoms with Crippen molar-refractivity contribution in [1.29, 1.82) is 0 Å². The van der Waals surface area contributed by atoms with Gasteiger partial charge in [0, 0.05) is 24.6 Å². The molecule has 2 aromatic carbocycles. The summed E-state index contributed by atoms with van der Waals surface area (Å²) in [5.41, 5.74) is 1.82. The predicted octanol–water partition coefficient (Wildman–Crippen LogP) is 3.89. The van der Waals surface area contributed by atoms with E-state index in [2.05, 4.69) is 0 Å². The van der Waals surface area contributed by atoms with Crippen LogP contribution in [0.5, 0.6) is 5.75 Å². The summed E-state index contributed by atoms with van der Waals surface area (Å²) in [6.45, 7) is 0.497. The molecule has 0 saturated heterocycles. The summed E-state index contributed by atoms with van der Waals surface area (Å²) in [6, 6.07) is 9.65. The zero-order valence-electron chi connectivity index (χ0n) is 13.5. The SMILES string of the molecule is COc1ccc(CCC(=O)N2CCCc3c(F)cc(F)cc32)cc1. The molecule has 0 radical (unpaired) electrons. The molecular weight excluding hydrogens is 312 g/mol. The molecule has 0 aliphatic carbocycles. The molecule has 126 valence electrons. The Balaban J connectivity index is 1.72. The smallest absolute Gasteiger partial charge is 0.227 e. The van der Waals surface area contributed by atoms with Crippen LogP contribution in [-0.4, -0.2) is 19.6 Å². The summed E-state index contributed by atoms with van der Waals surface area (Å²) >= 11 is 0. The van der Waals surface area contributed by atoms with Gasteiger partial charge in [0.15, 0.2) is 0 Å². The number of benzene rings is 2. The van der Waals surface area contributed by atoms with E-state index in [1.54, 1.807) is 7.11 Å². The Morgan fingerprint density at radius 2 is 1.96 bits per heavy atom. The number of methoxy groups -OCH3 is 1. The maximum atomic E-state index is 13.9. The molecule has 0 saturated carbocycles. The monoisotopic (exact) mass is 331 g/mol. The van der Waals surface area contributed by atoms with Gasteiger partial charge in [-0.05, 0) is 43.0 Å². The molecule has 0 spiro atoms. The van der Waals surface area contributed by atoms with Gasteiger partial charge in [0.05, 0.1) is 12.8 Å². The summed E-state index contributed by atoms with van der Waals surface area (Å²) < 4.78 is 32.5. The van der Waals surface area contributed by atoms with E-state index >= 15 is 0 Å². The van der Waals surface area contributed by atoms with Crippen molar-refractivity contribution in [2.75, 3.05) is 18.6 Å². The minimum Gasteiger partial charge on any atom is -0.497 e. The average molecular weight is 331 g/mol. The quantitative estimate of drug-likeness (QED) is 0.851. The lowest BCUT2D eigenvalue weighted by atomic mass is 10.00. The Morgan fingerprint density at radius 3 is 2.67 bits per heavy atom. The van der Waals surface area contributed by atoms with E-state index in [0.717, 1.165) is 17.4 Å². The van der Waals surface area contributed by atoms with Crippen molar-refractivity contribution in [3.8, 4) is 5.75 Å². The van der Waals surface area contributed by atoms with Crippen molar-refractivity contribution in [3.63, 3.8) is 0 Å². The fraction of sp³-hybridized carbons (Fsp3) is 0.316. The average Bonchev–Trinajstić information content (AvgIpc) is 2.59. The van der Waals surface area contributed by atoms with Crippen LogP contribution in [0.15, 0.2) is 36.4 Å². The van der Waals surface area contributed by atoms with Crippen molar-refractivity contribution in [2.24, 2.45) is 0 Å². The van der Waals surface area contributed by atoms with Crippen LogP contribution < -0.4 is 9.64 Å². The van der Waals surface area contributed by atoms with Crippen LogP contribution >= 0.6 is 0 Å². The van der Waals surface area contributed by atoms with Crippen LogP contribution in [-0.2, 0) is 17.6 Å². The van der Waals surface area contributed by atoms with E-state index in [4.69, 9.17) is 4.74 Å². The third-order valence-corrected chi connectivity index (χ3v) is 4.32. The third kappa shape index (κ3) is 3.40. The van der Waals surface area contributed by atoms with E-state index in [0.29, 0.717) is 43.5 Å². The Bertz CT molecular complexity index is 744. The summed E-state index contributed by atoms with van der Waals surface area (Å²) in [6.07, 6.45) is 2.09. The van der Waals surface area contributed by atoms with Gasteiger partial charge in [-0.2, -0.15) is 0 Å². The molecule has 1 amide bonds. The third-order valence-electron chi connectivity index (χ3n) is 4.32. The maximum absolute atomic E-state index is 13.9. The Labute approximate surface area is 139 Å². The van der Waals surface area contributed by atoms with Crippen LogP contribution in [0, 0.1) is 11.6 Å². The second-order valence-electron chi connectivity index (χ2n) is 5.88. The molecule has 3 nitrogen and oxygen atoms in total. The second-order valence-corrected chi connectivity index (χ2v) is 5.88. The van der Waals surface area contributed by atoms with Gasteiger partial charge in [0.2, 0.25) is 5.91 Å². The Hall–Kier alpha value is -2.43. The molecule has 1 aliphatic heterocycles. The van der Waals surface area contributed by atoms with Gasteiger partial charge in [-0.25, -0.2) is 8.78 Å². The first-order valence-electron chi connectivity index (χ1n) is 7.99. The first-order valence-corrected chi connectivity index (χ1v) is 7.99. The van der Waals surface area contributed by atoms with Crippen LogP contribution in [0.25, 0.3) is 0 Å². The molecule has 0 aromatic heterocycles. The number of carbonyl (C=O) groups is 1. The highest BCUT2D eigenvalue weighted by Gasteiger charge is 2.25. The fourth-order valence-electron chi connectivity index (χ4n) is 3.05. The predicted molar refractivity (Wildman–Crippen MR) is 88.3 cm³/mol. The largest absolute Gasteiger partial charge is 0.497 e. The lowest BCUT2D eigenvalue weighted by Gasteiger charge is -2.30. The summed E-state index contributed by atoms with van der Waals surface area (Å²) in [5.74, 6) is -0.573. The summed E-state index contributed by atoms with van der Waals surface area (Å²) in [7, 11) is 1.60. The van der Waals surface area contributed by atoms with Gasteiger partial charge in [-0.1, -0.05) is 12.1 Å². The zero-order valence-corrected chi connectivity index (χ0v) is 13.5. The van der Waals surface area contributed by atoms with Gasteiger partial charge in [-0.15, -0.1) is 0 Å². The number of aryl methyl sites for hydroxylation is 1. The number of ether oxygens (including phenoxy) is 1. The standard InChI is InChI=1S/C19H19F2NO2/c1-24-15-7-4-13(5-8-15)6-9-19(23)22-10-2-3-16-17(21)11-14(20)12-18(16)22/h4-5,7-8,11-12H,2-3,6,9-10H2,1H3. The number of amides is 1. The number of hydrogen-bond acceptors (Lipinski definition) is 2. The Morgan fingerprint density at radius 1 is 1.21 bits per heavy atom. The van der Waals surface area contributed by atoms with Crippen LogP contribution in [0.3, 0.4) is 0 Å². The van der Waals surface area contributed by atoms with Crippen molar-refractivity contribution in [3.05, 3.63) is 59.2 Å². The zero-order chi connectivity index (χ0) is 17.1. The minimum atomic E-state index is -0.652. The molecule has 0 fully saturated rings. The van der Waals surface area contributed by atoms with Gasteiger partial charge < -0.3 is 9.64 Å². The first-order chi connectivity index (χ1) is 11.6. The number of halogens is 2. The number of anilines is 1. The molecule has 0 atom stereocenters. The number of nitrogens with zero attached hydrogens (tertiary/aromatic N) is 1. The lowest BCUT2D eigenvalue weighted by Crippen LogP contribution is -2.36. The van der Waals surface area contributed by atoms with Crippen molar-refractivity contribution < 1.29 is 18.3 Å². The Kier molecular flexibility index (Phi) is 4.79. The van der Waals surface area contributed by atoms with E-state index < -0.39 is 11.6 Å². The molecular formula is C19H19F2NO2. The van der Waals surface area contributed by atoms with Crippen molar-refractivity contribution >= 4 is 11.6 Å². The van der Waals surface area contributed by atoms with Crippen molar-refractivity contribution in [1.82, 2.24) is 0 Å². The summed E-state index contributed by atoms with van der Waals surface area (Å²) in [5, 5.41) is 0. The van der Waals surface area contributed by atoms with E-state index in [9.17, 15) is 13.6 Å². The molecule has 1 heterocycles. The topological polar surface area (TPSA) is 29.5 Å². The van der Waals surface area contributed by atoms with Crippen LogP contribution in [0.4, 0.5) is 14.5 Å². The molecule has 0 bridgehead atoms. The summed E-state index contributed by atoms with van der Waals surface area (Å²) in [4.78, 5) is 14.0. The minimum absolute atomic E-state index is 0.114. The molecule has 5 heteroatoms. The molecule has 3 rings (SSSR count). The van der Waals surface area contributed by atoms with Gasteiger partial charge >= 0.3 is 0 Å². The lowest BCUT2D eigenvalue weighted by molar-refractivity contribution is -0.118. The van der Waals surface area contributed by atoms with E-state index in [1.165, 1.54) is 11.0 Å². The first kappa shape index (κ1) is 16.4. The molecule has 2 aromatic rings. The maximum Gasteiger partial charge on any atom is 0.227 e. The highest BCUT2D eigenvalue weighted by Crippen LogP contribution is 2.31. The fourth-order valence-corrected chi connectivity index (χ4v) is 3.05. The number of fused-ring (bicyclic) bond motifs is 1. The van der Waals surface area contributed by atoms with E-state index in [1.807, 2.05) is 24.3 Å². The highest BCUT2D eigenvalue weighted by atomic mass is 19.1. The van der Waals surface area contributed by atoms with Crippen LogP contribution in [0.2, 0.25) is 0 Å². The van der Waals surface area contributed by atoms with E-state index in [-0.39, 0.29) is 5.91 Å². The highest BCUT2D eigenvalue weighted by molar-refractivity contribution is 5.94.